The lowest BCUT2D eigenvalue weighted by atomic mass is 10.1. The van der Waals surface area contributed by atoms with Gasteiger partial charge >= 0.3 is 0 Å². The van der Waals surface area contributed by atoms with Crippen LogP contribution in [0, 0.1) is 6.92 Å². The van der Waals surface area contributed by atoms with E-state index in [1.165, 1.54) is 0 Å². The quantitative estimate of drug-likeness (QED) is 0.364. The molecule has 0 aliphatic carbocycles. The second-order valence-electron chi connectivity index (χ2n) is 10.1. The monoisotopic (exact) mass is 537 g/mol. The number of rotatable bonds is 9. The van der Waals surface area contributed by atoms with E-state index in [0.29, 0.717) is 43.9 Å². The van der Waals surface area contributed by atoms with Crippen LogP contribution in [0.15, 0.2) is 6.07 Å². The smallest absolute Gasteiger partial charge is 0.249 e. The van der Waals surface area contributed by atoms with E-state index in [9.17, 15) is 18.0 Å². The Bertz CT molecular complexity index is 1080. The van der Waals surface area contributed by atoms with Crippen LogP contribution in [0.2, 0.25) is 0 Å². The Labute approximate surface area is 218 Å². The Morgan fingerprint density at radius 2 is 1.84 bits per heavy atom. The molecule has 1 unspecified atom stereocenters. The maximum absolute atomic E-state index is 12.7. The van der Waals surface area contributed by atoms with Crippen LogP contribution in [-0.4, -0.2) is 105 Å². The lowest BCUT2D eigenvalue weighted by Gasteiger charge is -2.36. The van der Waals surface area contributed by atoms with E-state index in [2.05, 4.69) is 20.4 Å². The number of piperazine rings is 1. The van der Waals surface area contributed by atoms with Gasteiger partial charge in [0, 0.05) is 51.7 Å². The Hall–Kier alpha value is -2.48. The molecule has 3 saturated heterocycles. The molecule has 37 heavy (non-hydrogen) atoms. The first-order valence-electron chi connectivity index (χ1n) is 13.0. The number of nitrogens with one attached hydrogen (secondary N) is 2. The minimum Gasteiger partial charge on any atom is -0.479 e. The molecule has 0 saturated carbocycles. The molecule has 4 rings (SSSR count). The number of carbonyl (C=O) groups excluding carboxylic acids is 2. The summed E-state index contributed by atoms with van der Waals surface area (Å²) in [6.45, 7) is 6.95. The molecular formula is C24H39N7O5S. The fraction of sp³-hybridized carbons (Fsp3) is 0.708. The molecule has 4 heterocycles. The van der Waals surface area contributed by atoms with Gasteiger partial charge in [-0.05, 0) is 50.8 Å². The highest BCUT2D eigenvalue weighted by Gasteiger charge is 2.29. The first-order valence-corrected chi connectivity index (χ1v) is 14.6. The molecule has 3 fully saturated rings. The molecule has 1 aromatic heterocycles. The Morgan fingerprint density at radius 1 is 1.14 bits per heavy atom. The van der Waals surface area contributed by atoms with E-state index >= 15 is 0 Å². The number of methoxy groups -OCH3 is 1. The van der Waals surface area contributed by atoms with Gasteiger partial charge in [0.2, 0.25) is 27.7 Å². The summed E-state index contributed by atoms with van der Waals surface area (Å²) >= 11 is 0. The third-order valence-electron chi connectivity index (χ3n) is 7.35. The van der Waals surface area contributed by atoms with Crippen LogP contribution in [-0.2, 0) is 19.6 Å². The van der Waals surface area contributed by atoms with Gasteiger partial charge in [-0.15, -0.1) is 0 Å². The van der Waals surface area contributed by atoms with E-state index in [1.807, 2.05) is 13.0 Å². The summed E-state index contributed by atoms with van der Waals surface area (Å²) in [7, 11) is -1.68. The number of pyridine rings is 1. The van der Waals surface area contributed by atoms with Crippen molar-refractivity contribution in [1.29, 1.82) is 0 Å². The standard InChI is InChI=1S/C24H39N7O5S/c1-17-16-20(26-19-4-5-21(32)27-23(19)33)24(36-2)28-22(17)30-13-11-29(12-14-30)8-3-15-37(34,35)31-9-6-18(25)7-10-31/h16,18-19,26H,3-15,25H2,1-2H3,(H,27,32,33). The van der Waals surface area contributed by atoms with E-state index in [1.54, 1.807) is 11.4 Å². The molecule has 2 amide bonds. The lowest BCUT2D eigenvalue weighted by molar-refractivity contribution is -0.133. The fourth-order valence-electron chi connectivity index (χ4n) is 5.12. The second-order valence-corrected chi connectivity index (χ2v) is 12.2. The third kappa shape index (κ3) is 6.89. The summed E-state index contributed by atoms with van der Waals surface area (Å²) in [6, 6.07) is 1.52. The number of hydrogen-bond acceptors (Lipinski definition) is 10. The summed E-state index contributed by atoms with van der Waals surface area (Å²) in [4.78, 5) is 32.8. The topological polar surface area (TPSA) is 150 Å². The second kappa shape index (κ2) is 11.9. The van der Waals surface area contributed by atoms with Crippen molar-refractivity contribution in [3.63, 3.8) is 0 Å². The molecule has 3 aliphatic rings. The molecule has 0 radical (unpaired) electrons. The van der Waals surface area contributed by atoms with Crippen LogP contribution in [0.25, 0.3) is 0 Å². The number of aromatic nitrogens is 1. The number of ether oxygens (including phenoxy) is 1. The van der Waals surface area contributed by atoms with Crippen molar-refractivity contribution in [2.75, 3.05) is 68.9 Å². The molecule has 0 bridgehead atoms. The van der Waals surface area contributed by atoms with Crippen LogP contribution < -0.4 is 26.0 Å². The number of nitrogens with two attached hydrogens (primary N) is 1. The number of aryl methyl sites for hydroxylation is 1. The van der Waals surface area contributed by atoms with Gasteiger partial charge in [-0.25, -0.2) is 12.7 Å². The van der Waals surface area contributed by atoms with Gasteiger partial charge in [-0.3, -0.25) is 19.8 Å². The number of amides is 2. The minimum atomic E-state index is -3.23. The SMILES string of the molecule is COc1nc(N2CCN(CCCS(=O)(=O)N3CCC(N)CC3)CC2)c(C)cc1NC1CCC(=O)NC1=O. The number of anilines is 2. The number of sulfonamides is 1. The van der Waals surface area contributed by atoms with Crippen molar-refractivity contribution in [2.24, 2.45) is 5.73 Å². The number of nitrogens with zero attached hydrogens (tertiary/aromatic N) is 4. The maximum atomic E-state index is 12.7. The van der Waals surface area contributed by atoms with Crippen molar-refractivity contribution in [2.45, 2.75) is 51.1 Å². The van der Waals surface area contributed by atoms with Crippen LogP contribution in [0.5, 0.6) is 5.88 Å². The van der Waals surface area contributed by atoms with Crippen molar-refractivity contribution in [3.8, 4) is 5.88 Å². The average molecular weight is 538 g/mol. The molecule has 13 heteroatoms. The number of imide groups is 1. The highest BCUT2D eigenvalue weighted by molar-refractivity contribution is 7.89. The lowest BCUT2D eigenvalue weighted by Crippen LogP contribution is -2.48. The van der Waals surface area contributed by atoms with Gasteiger partial charge in [0.25, 0.3) is 0 Å². The Balaban J connectivity index is 1.28. The van der Waals surface area contributed by atoms with Crippen molar-refractivity contribution in [1.82, 2.24) is 19.5 Å². The van der Waals surface area contributed by atoms with E-state index in [4.69, 9.17) is 15.5 Å². The molecule has 12 nitrogen and oxygen atoms in total. The zero-order chi connectivity index (χ0) is 26.6. The summed E-state index contributed by atoms with van der Waals surface area (Å²) < 4.78 is 32.4. The zero-order valence-corrected chi connectivity index (χ0v) is 22.6. The predicted molar refractivity (Wildman–Crippen MR) is 141 cm³/mol. The number of hydrogen-bond donors (Lipinski definition) is 3. The molecule has 0 aromatic carbocycles. The summed E-state index contributed by atoms with van der Waals surface area (Å²) in [5, 5.41) is 5.53. The molecule has 4 N–H and O–H groups in total. The van der Waals surface area contributed by atoms with E-state index in [0.717, 1.165) is 56.9 Å². The average Bonchev–Trinajstić information content (AvgIpc) is 2.86. The van der Waals surface area contributed by atoms with Gasteiger partial charge in [-0.2, -0.15) is 4.98 Å². The van der Waals surface area contributed by atoms with Crippen LogP contribution in [0.3, 0.4) is 0 Å². The van der Waals surface area contributed by atoms with Crippen molar-refractivity contribution < 1.29 is 22.7 Å². The molecule has 1 atom stereocenters. The molecule has 1 aromatic rings. The molecule has 0 spiro atoms. The highest BCUT2D eigenvalue weighted by atomic mass is 32.2. The van der Waals surface area contributed by atoms with Gasteiger partial charge in [-0.1, -0.05) is 0 Å². The predicted octanol–water partition coefficient (Wildman–Crippen LogP) is -0.119. The fourth-order valence-corrected chi connectivity index (χ4v) is 6.64. The van der Waals surface area contributed by atoms with Gasteiger partial charge in [0.15, 0.2) is 0 Å². The summed E-state index contributed by atoms with van der Waals surface area (Å²) in [5.41, 5.74) is 7.47. The van der Waals surface area contributed by atoms with Gasteiger partial charge in [0.05, 0.1) is 18.6 Å². The first kappa shape index (κ1) is 27.6. The normalized spacial score (nSPS) is 22.7. The molecule has 206 valence electrons. The van der Waals surface area contributed by atoms with Crippen LogP contribution >= 0.6 is 0 Å². The summed E-state index contributed by atoms with van der Waals surface area (Å²) in [5.74, 6) is 0.798. The zero-order valence-electron chi connectivity index (χ0n) is 21.7. The Kier molecular flexibility index (Phi) is 8.88. The van der Waals surface area contributed by atoms with Crippen LogP contribution in [0.4, 0.5) is 11.5 Å². The minimum absolute atomic E-state index is 0.110. The largest absolute Gasteiger partial charge is 0.479 e. The van der Waals surface area contributed by atoms with Gasteiger partial charge in [0.1, 0.15) is 11.9 Å². The van der Waals surface area contributed by atoms with E-state index in [-0.39, 0.29) is 23.6 Å². The van der Waals surface area contributed by atoms with Crippen molar-refractivity contribution in [3.05, 3.63) is 11.6 Å². The maximum Gasteiger partial charge on any atom is 0.249 e. The number of carbonyl (C=O) groups is 2. The number of piperidine rings is 2. The molecule has 3 aliphatic heterocycles. The first-order chi connectivity index (χ1) is 17.7. The molecular weight excluding hydrogens is 498 g/mol. The van der Waals surface area contributed by atoms with Crippen molar-refractivity contribution >= 4 is 33.3 Å². The Morgan fingerprint density at radius 3 is 2.49 bits per heavy atom. The highest BCUT2D eigenvalue weighted by Crippen LogP contribution is 2.31. The summed E-state index contributed by atoms with van der Waals surface area (Å²) in [6.07, 6.45) is 2.78. The third-order valence-corrected chi connectivity index (χ3v) is 9.31. The van der Waals surface area contributed by atoms with Crippen LogP contribution in [0.1, 0.15) is 37.7 Å². The van der Waals surface area contributed by atoms with E-state index < -0.39 is 16.1 Å². The van der Waals surface area contributed by atoms with Gasteiger partial charge < -0.3 is 20.7 Å².